The minimum Gasteiger partial charge on any atom is -0.338 e. The molecule has 2 rings (SSSR count). The standard InChI is InChI=1S/C12H20N2O/c1-10-4-3-7-14(8-10)11(15)12(2)5-6-13-9-12/h4,13H,3,5-9H2,1-2H3. The number of hydrogen-bond acceptors (Lipinski definition) is 2. The molecular formula is C12H20N2O. The molecule has 84 valence electrons. The lowest BCUT2D eigenvalue weighted by Crippen LogP contribution is -2.45. The summed E-state index contributed by atoms with van der Waals surface area (Å²) in [6.07, 6.45) is 4.23. The summed E-state index contributed by atoms with van der Waals surface area (Å²) < 4.78 is 0. The van der Waals surface area contributed by atoms with Gasteiger partial charge in [-0.1, -0.05) is 11.6 Å². The maximum absolute atomic E-state index is 12.3. The van der Waals surface area contributed by atoms with Crippen LogP contribution in [0.25, 0.3) is 0 Å². The maximum Gasteiger partial charge on any atom is 0.230 e. The van der Waals surface area contributed by atoms with Gasteiger partial charge in [-0.2, -0.15) is 0 Å². The molecule has 3 nitrogen and oxygen atoms in total. The highest BCUT2D eigenvalue weighted by molar-refractivity contribution is 5.83. The topological polar surface area (TPSA) is 32.3 Å². The molecule has 3 heteroatoms. The summed E-state index contributed by atoms with van der Waals surface area (Å²) in [7, 11) is 0. The van der Waals surface area contributed by atoms with Gasteiger partial charge in [0, 0.05) is 19.6 Å². The van der Waals surface area contributed by atoms with Gasteiger partial charge in [-0.15, -0.1) is 0 Å². The van der Waals surface area contributed by atoms with E-state index in [1.54, 1.807) is 0 Å². The summed E-state index contributed by atoms with van der Waals surface area (Å²) in [5.41, 5.74) is 1.17. The molecule has 0 bridgehead atoms. The molecule has 1 fully saturated rings. The number of carbonyl (C=O) groups is 1. The zero-order valence-corrected chi connectivity index (χ0v) is 9.68. The molecule has 0 aliphatic carbocycles. The van der Waals surface area contributed by atoms with Gasteiger partial charge in [0.2, 0.25) is 5.91 Å². The minimum absolute atomic E-state index is 0.155. The number of hydrogen-bond donors (Lipinski definition) is 1. The number of carbonyl (C=O) groups excluding carboxylic acids is 1. The van der Waals surface area contributed by atoms with Crippen LogP contribution in [0.15, 0.2) is 11.6 Å². The van der Waals surface area contributed by atoms with Crippen LogP contribution in [0, 0.1) is 5.41 Å². The molecule has 0 aromatic heterocycles. The second-order valence-corrected chi connectivity index (χ2v) is 5.05. The van der Waals surface area contributed by atoms with Gasteiger partial charge >= 0.3 is 0 Å². The molecule has 2 aliphatic heterocycles. The number of amides is 1. The average Bonchev–Trinajstić information content (AvgIpc) is 2.65. The first kappa shape index (κ1) is 10.7. The van der Waals surface area contributed by atoms with Crippen molar-refractivity contribution in [2.45, 2.75) is 26.7 Å². The van der Waals surface area contributed by atoms with E-state index in [0.717, 1.165) is 39.0 Å². The van der Waals surface area contributed by atoms with E-state index in [2.05, 4.69) is 25.2 Å². The fraction of sp³-hybridized carbons (Fsp3) is 0.750. The Morgan fingerprint density at radius 2 is 2.40 bits per heavy atom. The summed E-state index contributed by atoms with van der Waals surface area (Å²) in [4.78, 5) is 14.3. The van der Waals surface area contributed by atoms with Gasteiger partial charge in [-0.25, -0.2) is 0 Å². The van der Waals surface area contributed by atoms with E-state index in [0.29, 0.717) is 5.91 Å². The third-order valence-corrected chi connectivity index (χ3v) is 3.50. The van der Waals surface area contributed by atoms with Crippen LogP contribution in [0.4, 0.5) is 0 Å². The SMILES string of the molecule is CC1=CCCN(C(=O)C2(C)CCNC2)C1. The van der Waals surface area contributed by atoms with E-state index in [1.807, 2.05) is 4.90 Å². The first-order valence-corrected chi connectivity index (χ1v) is 5.77. The second-order valence-electron chi connectivity index (χ2n) is 5.05. The molecule has 1 N–H and O–H groups in total. The normalized spacial score (nSPS) is 31.6. The Morgan fingerprint density at radius 1 is 1.60 bits per heavy atom. The van der Waals surface area contributed by atoms with E-state index < -0.39 is 0 Å². The molecule has 0 saturated carbocycles. The molecular weight excluding hydrogens is 188 g/mol. The average molecular weight is 208 g/mol. The summed E-state index contributed by atoms with van der Waals surface area (Å²) >= 11 is 0. The predicted molar refractivity (Wildman–Crippen MR) is 60.5 cm³/mol. The molecule has 0 aromatic carbocycles. The van der Waals surface area contributed by atoms with Crippen molar-refractivity contribution in [3.05, 3.63) is 11.6 Å². The molecule has 1 unspecified atom stereocenters. The van der Waals surface area contributed by atoms with Gasteiger partial charge in [0.25, 0.3) is 0 Å². The highest BCUT2D eigenvalue weighted by Crippen LogP contribution is 2.28. The largest absolute Gasteiger partial charge is 0.338 e. The Morgan fingerprint density at radius 3 is 3.00 bits per heavy atom. The maximum atomic E-state index is 12.3. The van der Waals surface area contributed by atoms with Crippen LogP contribution in [0.2, 0.25) is 0 Å². The third-order valence-electron chi connectivity index (χ3n) is 3.50. The van der Waals surface area contributed by atoms with Crippen molar-refractivity contribution in [2.75, 3.05) is 26.2 Å². The molecule has 0 radical (unpaired) electrons. The monoisotopic (exact) mass is 208 g/mol. The highest BCUT2D eigenvalue weighted by atomic mass is 16.2. The Balaban J connectivity index is 2.04. The number of nitrogens with one attached hydrogen (secondary N) is 1. The summed E-state index contributed by atoms with van der Waals surface area (Å²) in [5, 5.41) is 3.28. The fourth-order valence-corrected chi connectivity index (χ4v) is 2.47. The van der Waals surface area contributed by atoms with Crippen LogP contribution in [0.5, 0.6) is 0 Å². The smallest absolute Gasteiger partial charge is 0.230 e. The lowest BCUT2D eigenvalue weighted by molar-refractivity contribution is -0.140. The van der Waals surface area contributed by atoms with Gasteiger partial charge in [0.15, 0.2) is 0 Å². The van der Waals surface area contributed by atoms with E-state index in [4.69, 9.17) is 0 Å². The first-order valence-electron chi connectivity index (χ1n) is 5.77. The van der Waals surface area contributed by atoms with Gasteiger partial charge in [-0.3, -0.25) is 4.79 Å². The van der Waals surface area contributed by atoms with Crippen LogP contribution in [0.3, 0.4) is 0 Å². The molecule has 2 aliphatic rings. The number of nitrogens with zero attached hydrogens (tertiary/aromatic N) is 1. The van der Waals surface area contributed by atoms with Crippen molar-refractivity contribution in [3.8, 4) is 0 Å². The van der Waals surface area contributed by atoms with Gasteiger partial charge in [-0.05, 0) is 33.2 Å². The number of rotatable bonds is 1. The second kappa shape index (κ2) is 3.97. The highest BCUT2D eigenvalue weighted by Gasteiger charge is 2.39. The molecule has 0 aromatic rings. The van der Waals surface area contributed by atoms with E-state index >= 15 is 0 Å². The zero-order chi connectivity index (χ0) is 10.9. The van der Waals surface area contributed by atoms with Crippen LogP contribution in [-0.4, -0.2) is 37.0 Å². The van der Waals surface area contributed by atoms with Crippen molar-refractivity contribution in [3.63, 3.8) is 0 Å². The van der Waals surface area contributed by atoms with Crippen molar-refractivity contribution in [2.24, 2.45) is 5.41 Å². The van der Waals surface area contributed by atoms with Gasteiger partial charge < -0.3 is 10.2 Å². The van der Waals surface area contributed by atoms with Crippen molar-refractivity contribution in [1.82, 2.24) is 10.2 Å². The lowest BCUT2D eigenvalue weighted by Gasteiger charge is -2.33. The zero-order valence-electron chi connectivity index (χ0n) is 9.68. The van der Waals surface area contributed by atoms with E-state index in [9.17, 15) is 4.79 Å². The van der Waals surface area contributed by atoms with Crippen LogP contribution in [0.1, 0.15) is 26.7 Å². The summed E-state index contributed by atoms with van der Waals surface area (Å²) in [5.74, 6) is 0.333. The van der Waals surface area contributed by atoms with Gasteiger partial charge in [0.05, 0.1) is 5.41 Å². The third kappa shape index (κ3) is 2.07. The van der Waals surface area contributed by atoms with E-state index in [-0.39, 0.29) is 5.41 Å². The molecule has 1 saturated heterocycles. The Hall–Kier alpha value is -0.830. The van der Waals surface area contributed by atoms with E-state index in [1.165, 1.54) is 5.57 Å². The van der Waals surface area contributed by atoms with Crippen LogP contribution < -0.4 is 5.32 Å². The van der Waals surface area contributed by atoms with Crippen LogP contribution >= 0.6 is 0 Å². The summed E-state index contributed by atoms with van der Waals surface area (Å²) in [6.45, 7) is 7.73. The van der Waals surface area contributed by atoms with Gasteiger partial charge in [0.1, 0.15) is 0 Å². The van der Waals surface area contributed by atoms with Crippen molar-refractivity contribution in [1.29, 1.82) is 0 Å². The molecule has 1 atom stereocenters. The lowest BCUT2D eigenvalue weighted by atomic mass is 9.87. The molecule has 1 amide bonds. The molecule has 0 spiro atoms. The minimum atomic E-state index is -0.155. The first-order chi connectivity index (χ1) is 7.12. The van der Waals surface area contributed by atoms with Crippen LogP contribution in [-0.2, 0) is 4.79 Å². The van der Waals surface area contributed by atoms with Crippen molar-refractivity contribution >= 4 is 5.91 Å². The molecule has 15 heavy (non-hydrogen) atoms. The Kier molecular flexibility index (Phi) is 2.83. The molecule has 2 heterocycles. The Bertz CT molecular complexity index is 290. The van der Waals surface area contributed by atoms with Crippen molar-refractivity contribution < 1.29 is 4.79 Å². The Labute approximate surface area is 91.5 Å². The predicted octanol–water partition coefficient (Wildman–Crippen LogP) is 1.16. The quantitative estimate of drug-likeness (QED) is 0.656. The summed E-state index contributed by atoms with van der Waals surface area (Å²) in [6, 6.07) is 0. The fourth-order valence-electron chi connectivity index (χ4n) is 2.47.